The van der Waals surface area contributed by atoms with Gasteiger partial charge < -0.3 is 19.2 Å². The summed E-state index contributed by atoms with van der Waals surface area (Å²) in [4.78, 5) is 16.0. The van der Waals surface area contributed by atoms with Crippen molar-refractivity contribution in [2.45, 2.75) is 6.61 Å². The van der Waals surface area contributed by atoms with Crippen LogP contribution < -0.4 is 14.2 Å². The van der Waals surface area contributed by atoms with Gasteiger partial charge in [0.15, 0.2) is 5.76 Å². The number of aromatic nitrogens is 1. The number of Topliss-reactive ketones (excluding diaryl/α,β-unsaturated/α-hetero) is 1. The van der Waals surface area contributed by atoms with Crippen LogP contribution in [0.1, 0.15) is 21.5 Å². The number of carbonyl (C=O) groups excluding carboxylic acids is 1. The molecule has 0 atom stereocenters. The molecule has 5 rings (SSSR count). The molecule has 3 aromatic carbocycles. The van der Waals surface area contributed by atoms with Crippen LogP contribution in [0.25, 0.3) is 17.0 Å². The highest BCUT2D eigenvalue weighted by Crippen LogP contribution is 2.35. The lowest BCUT2D eigenvalue weighted by atomic mass is 10.1. The van der Waals surface area contributed by atoms with Crippen LogP contribution in [0, 0.1) is 0 Å². The first-order valence-corrected chi connectivity index (χ1v) is 9.61. The highest BCUT2D eigenvalue weighted by molar-refractivity contribution is 6.15. The summed E-state index contributed by atoms with van der Waals surface area (Å²) < 4.78 is 16.9. The number of para-hydroxylation sites is 1. The number of allylic oxidation sites excluding steroid dienone is 1. The van der Waals surface area contributed by atoms with E-state index < -0.39 is 0 Å². The quantitative estimate of drug-likeness (QED) is 0.460. The minimum atomic E-state index is -0.128. The second-order valence-corrected chi connectivity index (χ2v) is 7.02. The molecular weight excluding hydrogens is 378 g/mol. The van der Waals surface area contributed by atoms with Crippen molar-refractivity contribution in [3.05, 3.63) is 95.4 Å². The number of ketones is 1. The number of benzene rings is 3. The van der Waals surface area contributed by atoms with Crippen LogP contribution in [0.5, 0.6) is 17.2 Å². The van der Waals surface area contributed by atoms with Gasteiger partial charge in [-0.15, -0.1) is 0 Å². The molecule has 148 valence electrons. The lowest BCUT2D eigenvalue weighted by Gasteiger charge is -2.08. The smallest absolute Gasteiger partial charge is 0.231 e. The van der Waals surface area contributed by atoms with E-state index in [9.17, 15) is 4.79 Å². The largest absolute Gasteiger partial charge is 0.497 e. The normalized spacial score (nSPS) is 14.0. The molecule has 0 bridgehead atoms. The van der Waals surface area contributed by atoms with Gasteiger partial charge in [0.1, 0.15) is 23.9 Å². The van der Waals surface area contributed by atoms with Crippen molar-refractivity contribution in [1.82, 2.24) is 4.98 Å². The third kappa shape index (κ3) is 3.31. The molecule has 1 aromatic heterocycles. The molecule has 0 saturated heterocycles. The number of H-pyrrole nitrogens is 1. The van der Waals surface area contributed by atoms with Gasteiger partial charge in [-0.25, -0.2) is 0 Å². The number of fused-ring (bicyclic) bond motifs is 2. The summed E-state index contributed by atoms with van der Waals surface area (Å²) in [5.41, 5.74) is 3.49. The van der Waals surface area contributed by atoms with Crippen molar-refractivity contribution >= 4 is 22.8 Å². The highest BCUT2D eigenvalue weighted by atomic mass is 16.5. The Bertz CT molecular complexity index is 1270. The Labute approximate surface area is 173 Å². The lowest BCUT2D eigenvalue weighted by Crippen LogP contribution is -1.97. The van der Waals surface area contributed by atoms with E-state index in [2.05, 4.69) is 4.98 Å². The number of methoxy groups -OCH3 is 1. The molecule has 0 aliphatic carbocycles. The van der Waals surface area contributed by atoms with E-state index in [1.165, 1.54) is 0 Å². The van der Waals surface area contributed by atoms with Crippen LogP contribution >= 0.6 is 0 Å². The summed E-state index contributed by atoms with van der Waals surface area (Å²) in [6.45, 7) is 0.411. The minimum Gasteiger partial charge on any atom is -0.497 e. The van der Waals surface area contributed by atoms with E-state index in [0.717, 1.165) is 27.8 Å². The van der Waals surface area contributed by atoms with Gasteiger partial charge in [0.25, 0.3) is 0 Å². The number of rotatable bonds is 5. The van der Waals surface area contributed by atoms with Crippen LogP contribution in [0.15, 0.2) is 78.7 Å². The Balaban J connectivity index is 1.34. The Morgan fingerprint density at radius 2 is 1.80 bits per heavy atom. The Hall–Kier alpha value is -3.99. The molecule has 5 nitrogen and oxygen atoms in total. The second kappa shape index (κ2) is 7.44. The lowest BCUT2D eigenvalue weighted by molar-refractivity contribution is 0.101. The summed E-state index contributed by atoms with van der Waals surface area (Å²) in [5, 5.41) is 1.04. The number of hydrogen-bond donors (Lipinski definition) is 1. The van der Waals surface area contributed by atoms with Crippen molar-refractivity contribution in [3.63, 3.8) is 0 Å². The molecule has 0 fully saturated rings. The predicted octanol–water partition coefficient (Wildman–Crippen LogP) is 5.37. The molecule has 30 heavy (non-hydrogen) atoms. The molecular formula is C25H19NO4. The molecule has 0 radical (unpaired) electrons. The standard InChI is InChI=1S/C25H19NO4/c1-28-18-8-6-16(7-9-18)15-29-19-10-11-21-23(13-19)30-24(25(21)27)12-17-14-26-22-5-3-2-4-20(17)22/h2-14,26H,15H2,1H3/b24-12+. The van der Waals surface area contributed by atoms with Gasteiger partial charge in [-0.05, 0) is 42.0 Å². The highest BCUT2D eigenvalue weighted by Gasteiger charge is 2.28. The molecule has 0 amide bonds. The Morgan fingerprint density at radius 1 is 1.00 bits per heavy atom. The Kier molecular flexibility index (Phi) is 4.48. The van der Waals surface area contributed by atoms with Gasteiger partial charge in [-0.1, -0.05) is 30.3 Å². The van der Waals surface area contributed by atoms with E-state index in [-0.39, 0.29) is 5.78 Å². The van der Waals surface area contributed by atoms with E-state index in [1.54, 1.807) is 31.4 Å². The summed E-state index contributed by atoms with van der Waals surface area (Å²) in [5.74, 6) is 2.14. The van der Waals surface area contributed by atoms with Gasteiger partial charge in [0.2, 0.25) is 5.78 Å². The number of hydrogen-bond acceptors (Lipinski definition) is 4. The minimum absolute atomic E-state index is 0.128. The maximum absolute atomic E-state index is 12.8. The second-order valence-electron chi connectivity index (χ2n) is 7.02. The van der Waals surface area contributed by atoms with Gasteiger partial charge in [0.05, 0.1) is 12.7 Å². The van der Waals surface area contributed by atoms with E-state index in [1.807, 2.05) is 54.7 Å². The Morgan fingerprint density at radius 3 is 2.63 bits per heavy atom. The van der Waals surface area contributed by atoms with E-state index >= 15 is 0 Å². The van der Waals surface area contributed by atoms with Crippen molar-refractivity contribution in [2.24, 2.45) is 0 Å². The van der Waals surface area contributed by atoms with Crippen molar-refractivity contribution in [3.8, 4) is 17.2 Å². The monoisotopic (exact) mass is 397 g/mol. The summed E-state index contributed by atoms with van der Waals surface area (Å²) >= 11 is 0. The van der Waals surface area contributed by atoms with Crippen LogP contribution in [-0.4, -0.2) is 17.9 Å². The topological polar surface area (TPSA) is 60.6 Å². The zero-order chi connectivity index (χ0) is 20.5. The van der Waals surface area contributed by atoms with Gasteiger partial charge >= 0.3 is 0 Å². The first-order chi connectivity index (χ1) is 14.7. The summed E-state index contributed by atoms with van der Waals surface area (Å²) in [6, 6.07) is 20.9. The van der Waals surface area contributed by atoms with Crippen molar-refractivity contribution in [2.75, 3.05) is 7.11 Å². The first-order valence-electron chi connectivity index (χ1n) is 9.61. The summed E-state index contributed by atoms with van der Waals surface area (Å²) in [7, 11) is 1.64. The van der Waals surface area contributed by atoms with E-state index in [0.29, 0.717) is 29.4 Å². The third-order valence-corrected chi connectivity index (χ3v) is 5.11. The SMILES string of the molecule is COc1ccc(COc2ccc3c(c2)O/C(=C/c2c[nH]c4ccccc24)C3=O)cc1. The number of aromatic amines is 1. The zero-order valence-electron chi connectivity index (χ0n) is 16.3. The molecule has 2 heterocycles. The van der Waals surface area contributed by atoms with Crippen LogP contribution in [-0.2, 0) is 6.61 Å². The molecule has 1 aliphatic heterocycles. The maximum Gasteiger partial charge on any atom is 0.231 e. The molecule has 4 aromatic rings. The predicted molar refractivity (Wildman–Crippen MR) is 115 cm³/mol. The van der Waals surface area contributed by atoms with Gasteiger partial charge in [0, 0.05) is 28.7 Å². The molecule has 0 unspecified atom stereocenters. The molecule has 5 heteroatoms. The van der Waals surface area contributed by atoms with Crippen LogP contribution in [0.3, 0.4) is 0 Å². The molecule has 1 N–H and O–H groups in total. The fourth-order valence-corrected chi connectivity index (χ4v) is 3.50. The average Bonchev–Trinajstić information content (AvgIpc) is 3.34. The van der Waals surface area contributed by atoms with Crippen LogP contribution in [0.4, 0.5) is 0 Å². The molecule has 0 spiro atoms. The molecule has 1 aliphatic rings. The zero-order valence-corrected chi connectivity index (χ0v) is 16.3. The van der Waals surface area contributed by atoms with E-state index in [4.69, 9.17) is 14.2 Å². The van der Waals surface area contributed by atoms with Crippen LogP contribution in [0.2, 0.25) is 0 Å². The number of nitrogens with one attached hydrogen (secondary N) is 1. The fraction of sp³-hybridized carbons (Fsp3) is 0.0800. The number of carbonyl (C=O) groups is 1. The van der Waals surface area contributed by atoms with Gasteiger partial charge in [-0.2, -0.15) is 0 Å². The maximum atomic E-state index is 12.8. The number of ether oxygens (including phenoxy) is 3. The van der Waals surface area contributed by atoms with Crippen molar-refractivity contribution in [1.29, 1.82) is 0 Å². The van der Waals surface area contributed by atoms with Crippen molar-refractivity contribution < 1.29 is 19.0 Å². The first kappa shape index (κ1) is 18.1. The fourth-order valence-electron chi connectivity index (χ4n) is 3.50. The molecule has 0 saturated carbocycles. The summed E-state index contributed by atoms with van der Waals surface area (Å²) in [6.07, 6.45) is 3.65. The van der Waals surface area contributed by atoms with Gasteiger partial charge in [-0.3, -0.25) is 4.79 Å². The average molecular weight is 397 g/mol. The third-order valence-electron chi connectivity index (χ3n) is 5.11.